The largest absolute Gasteiger partial charge is 0.465 e. The summed E-state index contributed by atoms with van der Waals surface area (Å²) in [7, 11) is 1.25. The molecule has 0 bridgehead atoms. The Morgan fingerprint density at radius 1 is 1.08 bits per heavy atom. The van der Waals surface area contributed by atoms with Crippen molar-refractivity contribution in [3.05, 3.63) is 65.7 Å². The Hall–Kier alpha value is -3.15. The van der Waals surface area contributed by atoms with E-state index in [1.165, 1.54) is 13.2 Å². The zero-order valence-corrected chi connectivity index (χ0v) is 13.1. The van der Waals surface area contributed by atoms with Crippen LogP contribution in [0, 0.1) is 0 Å². The number of nitrogens with zero attached hydrogens (tertiary/aromatic N) is 1. The molecule has 3 amide bonds. The Kier molecular flexibility index (Phi) is 4.29. The van der Waals surface area contributed by atoms with Gasteiger partial charge in [-0.15, -0.1) is 0 Å². The lowest BCUT2D eigenvalue weighted by atomic mass is 10.0. The van der Waals surface area contributed by atoms with Crippen LogP contribution in [0.2, 0.25) is 0 Å². The summed E-state index contributed by atoms with van der Waals surface area (Å²) in [5.74, 6) is -0.972. The number of hydrogen-bond acceptors (Lipinski definition) is 4. The molecule has 2 aromatic carbocycles. The van der Waals surface area contributed by atoms with E-state index in [1.54, 1.807) is 18.2 Å². The fourth-order valence-electron chi connectivity index (χ4n) is 2.73. The predicted octanol–water partition coefficient (Wildman–Crippen LogP) is 2.66. The van der Waals surface area contributed by atoms with Crippen LogP contribution in [0.4, 0.5) is 10.5 Å². The second-order valence-electron chi connectivity index (χ2n) is 5.35. The van der Waals surface area contributed by atoms with Gasteiger partial charge in [0.25, 0.3) is 0 Å². The maximum atomic E-state index is 12.6. The maximum absolute atomic E-state index is 12.6. The number of rotatable bonds is 3. The van der Waals surface area contributed by atoms with Gasteiger partial charge in [0.05, 0.1) is 30.8 Å². The van der Waals surface area contributed by atoms with Crippen LogP contribution in [0.3, 0.4) is 0 Å². The lowest BCUT2D eigenvalue weighted by Gasteiger charge is -2.32. The van der Waals surface area contributed by atoms with Gasteiger partial charge in [-0.2, -0.15) is 0 Å². The lowest BCUT2D eigenvalue weighted by molar-refractivity contribution is -0.119. The number of amides is 3. The fourth-order valence-corrected chi connectivity index (χ4v) is 2.73. The molecule has 1 heterocycles. The van der Waals surface area contributed by atoms with E-state index >= 15 is 0 Å². The molecule has 1 unspecified atom stereocenters. The third-order valence-corrected chi connectivity index (χ3v) is 3.88. The van der Waals surface area contributed by atoms with Gasteiger partial charge >= 0.3 is 12.0 Å². The minimum absolute atomic E-state index is 0.116. The van der Waals surface area contributed by atoms with Crippen LogP contribution in [-0.2, 0) is 9.53 Å². The molecule has 122 valence electrons. The van der Waals surface area contributed by atoms with Crippen LogP contribution < -0.4 is 10.2 Å². The number of ether oxygens (including phenoxy) is 1. The molecule has 3 rings (SSSR count). The zero-order chi connectivity index (χ0) is 17.1. The molecule has 1 N–H and O–H groups in total. The van der Waals surface area contributed by atoms with Gasteiger partial charge in [-0.05, 0) is 17.7 Å². The average Bonchev–Trinajstić information content (AvgIpc) is 2.61. The molecule has 1 aliphatic rings. The average molecular weight is 324 g/mol. The minimum Gasteiger partial charge on any atom is -0.465 e. The number of carbonyl (C=O) groups is 3. The summed E-state index contributed by atoms with van der Waals surface area (Å²) in [6.45, 7) is 0. The first kappa shape index (κ1) is 15.7. The van der Waals surface area contributed by atoms with Crippen molar-refractivity contribution in [3.8, 4) is 0 Å². The summed E-state index contributed by atoms with van der Waals surface area (Å²) in [5.41, 5.74) is 1.25. The van der Waals surface area contributed by atoms with E-state index in [0.717, 1.165) is 10.5 Å². The van der Waals surface area contributed by atoms with E-state index in [0.29, 0.717) is 0 Å². The number of carbonyl (C=O) groups excluding carboxylic acids is 3. The molecule has 1 fully saturated rings. The molecule has 0 aromatic heterocycles. The quantitative estimate of drug-likeness (QED) is 0.881. The Bertz CT molecular complexity index is 771. The number of urea groups is 1. The molecule has 1 saturated heterocycles. The van der Waals surface area contributed by atoms with Gasteiger partial charge in [-0.1, -0.05) is 42.5 Å². The highest BCUT2D eigenvalue weighted by Gasteiger charge is 2.35. The molecular weight excluding hydrogens is 308 g/mol. The molecular formula is C18H16N2O4. The Labute approximate surface area is 139 Å². The van der Waals surface area contributed by atoms with Crippen molar-refractivity contribution < 1.29 is 19.1 Å². The van der Waals surface area contributed by atoms with E-state index in [2.05, 4.69) is 5.32 Å². The molecule has 0 aliphatic carbocycles. The number of nitrogens with one attached hydrogen (secondary N) is 1. The molecule has 24 heavy (non-hydrogen) atoms. The zero-order valence-electron chi connectivity index (χ0n) is 13.1. The molecule has 1 aliphatic heterocycles. The highest BCUT2D eigenvalue weighted by Crippen LogP contribution is 2.28. The Balaban J connectivity index is 1.91. The van der Waals surface area contributed by atoms with E-state index in [4.69, 9.17) is 4.74 Å². The summed E-state index contributed by atoms with van der Waals surface area (Å²) in [5, 5.41) is 2.81. The van der Waals surface area contributed by atoms with Crippen LogP contribution in [0.5, 0.6) is 0 Å². The van der Waals surface area contributed by atoms with Gasteiger partial charge in [-0.25, -0.2) is 14.5 Å². The lowest BCUT2D eigenvalue weighted by Crippen LogP contribution is -2.52. The molecule has 0 saturated carbocycles. The molecule has 1 atom stereocenters. The second kappa shape index (κ2) is 6.54. The van der Waals surface area contributed by atoms with Crippen LogP contribution in [-0.4, -0.2) is 25.0 Å². The summed E-state index contributed by atoms with van der Waals surface area (Å²) >= 11 is 0. The Morgan fingerprint density at radius 3 is 2.42 bits per heavy atom. The van der Waals surface area contributed by atoms with E-state index in [9.17, 15) is 14.4 Å². The van der Waals surface area contributed by atoms with Crippen molar-refractivity contribution in [2.75, 3.05) is 12.0 Å². The summed E-state index contributed by atoms with van der Waals surface area (Å²) in [4.78, 5) is 37.9. The first-order valence-corrected chi connectivity index (χ1v) is 7.47. The smallest absolute Gasteiger partial charge is 0.339 e. The Morgan fingerprint density at radius 2 is 1.75 bits per heavy atom. The number of hydrogen-bond donors (Lipinski definition) is 1. The first-order chi connectivity index (χ1) is 11.6. The van der Waals surface area contributed by atoms with Gasteiger partial charge in [0.1, 0.15) is 0 Å². The SMILES string of the molecule is COC(=O)c1ccccc1N1C(=O)CC(c2ccccc2)NC1=O. The normalized spacial score (nSPS) is 17.4. The van der Waals surface area contributed by atoms with Gasteiger partial charge in [0.15, 0.2) is 0 Å². The van der Waals surface area contributed by atoms with Crippen molar-refractivity contribution in [3.63, 3.8) is 0 Å². The summed E-state index contributed by atoms with van der Waals surface area (Å²) in [6.07, 6.45) is 0.116. The highest BCUT2D eigenvalue weighted by molar-refractivity contribution is 6.18. The number of esters is 1. The van der Waals surface area contributed by atoms with Crippen LogP contribution in [0.25, 0.3) is 0 Å². The number of benzene rings is 2. The predicted molar refractivity (Wildman–Crippen MR) is 87.6 cm³/mol. The molecule has 6 nitrogen and oxygen atoms in total. The minimum atomic E-state index is -0.601. The van der Waals surface area contributed by atoms with Gasteiger partial charge in [0.2, 0.25) is 5.91 Å². The number of methoxy groups -OCH3 is 1. The second-order valence-corrected chi connectivity index (χ2v) is 5.35. The number of para-hydroxylation sites is 1. The molecule has 2 aromatic rings. The first-order valence-electron chi connectivity index (χ1n) is 7.47. The van der Waals surface area contributed by atoms with Crippen molar-refractivity contribution in [1.82, 2.24) is 5.32 Å². The molecule has 0 spiro atoms. The summed E-state index contributed by atoms with van der Waals surface area (Å²) in [6, 6.07) is 14.7. The van der Waals surface area contributed by atoms with Crippen LogP contribution >= 0.6 is 0 Å². The topological polar surface area (TPSA) is 75.7 Å². The third-order valence-electron chi connectivity index (χ3n) is 3.88. The van der Waals surface area contributed by atoms with Gasteiger partial charge < -0.3 is 10.1 Å². The number of imide groups is 1. The van der Waals surface area contributed by atoms with Crippen molar-refractivity contribution in [2.45, 2.75) is 12.5 Å². The summed E-state index contributed by atoms with van der Waals surface area (Å²) < 4.78 is 4.72. The van der Waals surface area contributed by atoms with Crippen molar-refractivity contribution in [2.24, 2.45) is 0 Å². The van der Waals surface area contributed by atoms with Crippen molar-refractivity contribution in [1.29, 1.82) is 0 Å². The van der Waals surface area contributed by atoms with E-state index in [-0.39, 0.29) is 29.6 Å². The number of anilines is 1. The monoisotopic (exact) mass is 324 g/mol. The van der Waals surface area contributed by atoms with Crippen molar-refractivity contribution >= 4 is 23.6 Å². The van der Waals surface area contributed by atoms with Crippen LogP contribution in [0.15, 0.2) is 54.6 Å². The molecule has 6 heteroatoms. The van der Waals surface area contributed by atoms with Crippen LogP contribution in [0.1, 0.15) is 28.4 Å². The molecule has 0 radical (unpaired) electrons. The van der Waals surface area contributed by atoms with Gasteiger partial charge in [0, 0.05) is 0 Å². The highest BCUT2D eigenvalue weighted by atomic mass is 16.5. The third kappa shape index (κ3) is 2.86. The van der Waals surface area contributed by atoms with Gasteiger partial charge in [-0.3, -0.25) is 4.79 Å². The van der Waals surface area contributed by atoms with E-state index < -0.39 is 12.0 Å². The standard InChI is InChI=1S/C18H16N2O4/c1-24-17(22)13-9-5-6-10-15(13)20-16(21)11-14(19-18(20)23)12-7-3-2-4-8-12/h2-10,14H,11H2,1H3,(H,19,23). The van der Waals surface area contributed by atoms with E-state index in [1.807, 2.05) is 30.3 Å². The fraction of sp³-hybridized carbons (Fsp3) is 0.167. The maximum Gasteiger partial charge on any atom is 0.339 e.